The van der Waals surface area contributed by atoms with E-state index in [-0.39, 0.29) is 37.5 Å². The van der Waals surface area contributed by atoms with Gasteiger partial charge in [-0.25, -0.2) is 0 Å². The smallest absolute Gasteiger partial charge is 0.306 e. The lowest BCUT2D eigenvalue weighted by Gasteiger charge is -2.18. The van der Waals surface area contributed by atoms with Crippen LogP contribution in [0.2, 0.25) is 0 Å². The molecule has 0 amide bonds. The second kappa shape index (κ2) is 65.6. The van der Waals surface area contributed by atoms with Crippen molar-refractivity contribution >= 4 is 17.9 Å². The van der Waals surface area contributed by atoms with Gasteiger partial charge in [0, 0.05) is 19.3 Å². The first-order chi connectivity index (χ1) is 38.5. The molecule has 0 aliphatic heterocycles. The lowest BCUT2D eigenvalue weighted by atomic mass is 10.1. The summed E-state index contributed by atoms with van der Waals surface area (Å²) < 4.78 is 16.9. The van der Waals surface area contributed by atoms with E-state index < -0.39 is 6.10 Å². The maximum atomic E-state index is 12.9. The molecule has 0 saturated carbocycles. The van der Waals surface area contributed by atoms with Gasteiger partial charge in [-0.3, -0.25) is 14.4 Å². The molecule has 0 spiro atoms. The fourth-order valence-electron chi connectivity index (χ4n) is 9.06. The number of hydrogen-bond donors (Lipinski definition) is 0. The molecule has 0 radical (unpaired) electrons. The molecule has 78 heavy (non-hydrogen) atoms. The minimum Gasteiger partial charge on any atom is -0.462 e. The van der Waals surface area contributed by atoms with Gasteiger partial charge in [-0.05, 0) is 128 Å². The number of allylic oxidation sites excluding steroid dienone is 18. The van der Waals surface area contributed by atoms with Gasteiger partial charge in [0.1, 0.15) is 13.2 Å². The monoisotopic (exact) mass is 1080 g/mol. The van der Waals surface area contributed by atoms with Crippen molar-refractivity contribution in [1.29, 1.82) is 0 Å². The van der Waals surface area contributed by atoms with E-state index in [1.807, 2.05) is 0 Å². The SMILES string of the molecule is CC/C=C\C/C=C\C/C=C\C/C=C\C/C=C\CCCCCC(=O)OC(COC(=O)CCCCCCC/C=C\CCCCCCCCC)COC(=O)CCCCCCCCCCCC/C=C\C/C=C\C/C=C\CCCCCCC. The zero-order valence-corrected chi connectivity index (χ0v) is 51.2. The maximum absolute atomic E-state index is 12.9. The van der Waals surface area contributed by atoms with Crippen LogP contribution in [0.4, 0.5) is 0 Å². The Morgan fingerprint density at radius 2 is 0.500 bits per heavy atom. The van der Waals surface area contributed by atoms with Gasteiger partial charge >= 0.3 is 17.9 Å². The molecule has 0 aliphatic carbocycles. The molecule has 0 N–H and O–H groups in total. The molecule has 0 aromatic heterocycles. The standard InChI is InChI=1S/C72H122O6/c1-4-7-10-13-16-19-22-25-28-31-33-34-35-36-37-38-40-41-44-47-50-53-56-59-62-65-71(74)77-68-69(67-76-70(73)64-61-58-55-52-49-46-43-30-27-24-21-18-15-12-9-6-3)78-72(75)66-63-60-57-54-51-48-45-42-39-32-29-26-23-20-17-14-11-8-5-2/h8,11,17,20,22,25-26,29-31,33,35-36,39,42-43,48,51,69H,4-7,9-10,12-16,18-19,21,23-24,27-28,32,34,37-38,40-41,44-47,49-50,52-68H2,1-3H3/b11-8-,20-17-,25-22-,29-26-,33-31-,36-35-,42-39-,43-30-,51-48-. The van der Waals surface area contributed by atoms with Crippen molar-refractivity contribution in [3.8, 4) is 0 Å². The molecular formula is C72H122O6. The Labute approximate surface area is 482 Å². The van der Waals surface area contributed by atoms with Gasteiger partial charge in [-0.2, -0.15) is 0 Å². The van der Waals surface area contributed by atoms with Gasteiger partial charge in [0.2, 0.25) is 0 Å². The van der Waals surface area contributed by atoms with Crippen molar-refractivity contribution in [3.05, 3.63) is 109 Å². The predicted octanol–water partition coefficient (Wildman–Crippen LogP) is 22.6. The lowest BCUT2D eigenvalue weighted by molar-refractivity contribution is -0.167. The molecule has 0 aliphatic rings. The van der Waals surface area contributed by atoms with Gasteiger partial charge in [-0.1, -0.05) is 271 Å². The first-order valence-corrected chi connectivity index (χ1v) is 32.9. The number of rotatable bonds is 59. The number of carbonyl (C=O) groups excluding carboxylic acids is 3. The zero-order chi connectivity index (χ0) is 56.4. The molecule has 6 heteroatoms. The largest absolute Gasteiger partial charge is 0.462 e. The second-order valence-electron chi connectivity index (χ2n) is 21.6. The van der Waals surface area contributed by atoms with Gasteiger partial charge in [-0.15, -0.1) is 0 Å². The molecule has 0 aromatic carbocycles. The van der Waals surface area contributed by atoms with E-state index in [0.717, 1.165) is 116 Å². The van der Waals surface area contributed by atoms with Crippen molar-refractivity contribution < 1.29 is 28.6 Å². The molecule has 446 valence electrons. The second-order valence-corrected chi connectivity index (χ2v) is 21.6. The maximum Gasteiger partial charge on any atom is 0.306 e. The van der Waals surface area contributed by atoms with Crippen molar-refractivity contribution in [2.24, 2.45) is 0 Å². The third-order valence-corrected chi connectivity index (χ3v) is 14.0. The highest BCUT2D eigenvalue weighted by molar-refractivity contribution is 5.71. The van der Waals surface area contributed by atoms with E-state index in [9.17, 15) is 14.4 Å². The summed E-state index contributed by atoms with van der Waals surface area (Å²) in [4.78, 5) is 38.4. The summed E-state index contributed by atoms with van der Waals surface area (Å²) in [5.74, 6) is -0.933. The fourth-order valence-corrected chi connectivity index (χ4v) is 9.06. The summed E-state index contributed by atoms with van der Waals surface area (Å²) in [6.45, 7) is 6.50. The highest BCUT2D eigenvalue weighted by atomic mass is 16.6. The van der Waals surface area contributed by atoms with Crippen LogP contribution in [-0.2, 0) is 28.6 Å². The Hall–Kier alpha value is -3.93. The van der Waals surface area contributed by atoms with Crippen molar-refractivity contribution in [1.82, 2.24) is 0 Å². The minimum absolute atomic E-state index is 0.0967. The molecule has 6 nitrogen and oxygen atoms in total. The normalized spacial score (nSPS) is 12.8. The Morgan fingerprint density at radius 3 is 0.808 bits per heavy atom. The summed E-state index contributed by atoms with van der Waals surface area (Å²) in [6.07, 6.45) is 89.5. The third-order valence-electron chi connectivity index (χ3n) is 14.0. The predicted molar refractivity (Wildman–Crippen MR) is 339 cm³/mol. The molecule has 0 saturated heterocycles. The van der Waals surface area contributed by atoms with Crippen LogP contribution in [0.25, 0.3) is 0 Å². The van der Waals surface area contributed by atoms with E-state index >= 15 is 0 Å². The molecule has 0 fully saturated rings. The van der Waals surface area contributed by atoms with Crippen LogP contribution in [-0.4, -0.2) is 37.2 Å². The molecule has 1 atom stereocenters. The topological polar surface area (TPSA) is 78.9 Å². The summed E-state index contributed by atoms with van der Waals surface area (Å²) in [5.41, 5.74) is 0. The quantitative estimate of drug-likeness (QED) is 0.0261. The summed E-state index contributed by atoms with van der Waals surface area (Å²) >= 11 is 0. The third kappa shape index (κ3) is 62.9. The van der Waals surface area contributed by atoms with E-state index in [4.69, 9.17) is 14.2 Å². The Bertz CT molecular complexity index is 1570. The van der Waals surface area contributed by atoms with Crippen LogP contribution in [0.15, 0.2) is 109 Å². The van der Waals surface area contributed by atoms with Crippen LogP contribution in [0.5, 0.6) is 0 Å². The van der Waals surface area contributed by atoms with E-state index in [1.165, 1.54) is 154 Å². The summed E-state index contributed by atoms with van der Waals surface area (Å²) in [7, 11) is 0. The Balaban J connectivity index is 4.42. The van der Waals surface area contributed by atoms with Crippen molar-refractivity contribution in [2.45, 2.75) is 316 Å². The van der Waals surface area contributed by atoms with Gasteiger partial charge < -0.3 is 14.2 Å². The van der Waals surface area contributed by atoms with E-state index in [0.29, 0.717) is 12.8 Å². The minimum atomic E-state index is -0.804. The molecule has 0 rings (SSSR count). The van der Waals surface area contributed by atoms with Crippen LogP contribution in [0.3, 0.4) is 0 Å². The Morgan fingerprint density at radius 1 is 0.269 bits per heavy atom. The van der Waals surface area contributed by atoms with Crippen LogP contribution in [0.1, 0.15) is 310 Å². The molecular weight excluding hydrogens is 961 g/mol. The van der Waals surface area contributed by atoms with Gasteiger partial charge in [0.25, 0.3) is 0 Å². The van der Waals surface area contributed by atoms with Gasteiger partial charge in [0.15, 0.2) is 6.10 Å². The fraction of sp³-hybridized carbons (Fsp3) is 0.708. The van der Waals surface area contributed by atoms with Crippen molar-refractivity contribution in [2.75, 3.05) is 13.2 Å². The zero-order valence-electron chi connectivity index (χ0n) is 51.2. The number of unbranched alkanes of at least 4 members (excludes halogenated alkanes) is 30. The molecule has 0 aromatic rings. The van der Waals surface area contributed by atoms with Crippen molar-refractivity contribution in [3.63, 3.8) is 0 Å². The number of ether oxygens (including phenoxy) is 3. The van der Waals surface area contributed by atoms with Crippen LogP contribution < -0.4 is 0 Å². The average Bonchev–Trinajstić information content (AvgIpc) is 3.44. The molecule has 0 heterocycles. The van der Waals surface area contributed by atoms with Crippen LogP contribution >= 0.6 is 0 Å². The van der Waals surface area contributed by atoms with Crippen LogP contribution in [0, 0.1) is 0 Å². The highest BCUT2D eigenvalue weighted by Gasteiger charge is 2.19. The summed E-state index contributed by atoms with van der Waals surface area (Å²) in [6, 6.07) is 0. The molecule has 0 bridgehead atoms. The average molecular weight is 1080 g/mol. The lowest BCUT2D eigenvalue weighted by Crippen LogP contribution is -2.30. The van der Waals surface area contributed by atoms with Gasteiger partial charge in [0.05, 0.1) is 0 Å². The summed E-state index contributed by atoms with van der Waals surface area (Å²) in [5, 5.41) is 0. The molecule has 1 unspecified atom stereocenters. The van der Waals surface area contributed by atoms with E-state index in [2.05, 4.69) is 130 Å². The van der Waals surface area contributed by atoms with E-state index in [1.54, 1.807) is 0 Å². The Kier molecular flexibility index (Phi) is 62.3. The number of carbonyl (C=O) groups is 3. The highest BCUT2D eigenvalue weighted by Crippen LogP contribution is 2.15. The first kappa shape index (κ1) is 74.1. The number of esters is 3. The first-order valence-electron chi connectivity index (χ1n) is 32.9. The number of hydrogen-bond acceptors (Lipinski definition) is 6.